The first-order valence-corrected chi connectivity index (χ1v) is 5.41. The molecule has 0 atom stereocenters. The van der Waals surface area contributed by atoms with E-state index < -0.39 is 11.7 Å². The molecule has 0 N–H and O–H groups in total. The number of carbonyl (C=O) groups excluding carboxylic acids is 1. The molecule has 0 fully saturated rings. The minimum absolute atomic E-state index is 0.0223. The summed E-state index contributed by atoms with van der Waals surface area (Å²) < 4.78 is 6.35. The molecule has 0 spiro atoms. The van der Waals surface area contributed by atoms with Crippen molar-refractivity contribution in [3.05, 3.63) is 64.3 Å². The summed E-state index contributed by atoms with van der Waals surface area (Å²) in [7, 11) is 1.56. The van der Waals surface area contributed by atoms with Crippen LogP contribution in [-0.4, -0.2) is 15.5 Å². The zero-order chi connectivity index (χ0) is 13.0. The third-order valence-corrected chi connectivity index (χ3v) is 2.40. The van der Waals surface area contributed by atoms with Gasteiger partial charge in [0.05, 0.1) is 0 Å². The highest BCUT2D eigenvalue weighted by atomic mass is 16.5. The lowest BCUT2D eigenvalue weighted by atomic mass is 10.2. The summed E-state index contributed by atoms with van der Waals surface area (Å²) >= 11 is 0. The molecule has 0 bridgehead atoms. The Bertz CT molecular complexity index is 605. The Kier molecular flexibility index (Phi) is 3.52. The van der Waals surface area contributed by atoms with Crippen molar-refractivity contribution in [3.63, 3.8) is 0 Å². The maximum Gasteiger partial charge on any atom is 0.357 e. The fourth-order valence-corrected chi connectivity index (χ4v) is 1.38. The number of aromatic nitrogens is 2. The van der Waals surface area contributed by atoms with Crippen molar-refractivity contribution in [2.45, 2.75) is 6.61 Å². The molecule has 0 unspecified atom stereocenters. The van der Waals surface area contributed by atoms with Gasteiger partial charge in [0.2, 0.25) is 0 Å². The number of ether oxygens (including phenoxy) is 1. The predicted molar refractivity (Wildman–Crippen MR) is 65.0 cm³/mol. The molecule has 1 aromatic heterocycles. The molecule has 18 heavy (non-hydrogen) atoms. The van der Waals surface area contributed by atoms with E-state index in [1.54, 1.807) is 7.05 Å². The van der Waals surface area contributed by atoms with Crippen LogP contribution in [0.4, 0.5) is 0 Å². The number of esters is 1. The molecule has 2 aromatic rings. The van der Waals surface area contributed by atoms with E-state index in [0.29, 0.717) is 0 Å². The van der Waals surface area contributed by atoms with Crippen LogP contribution < -0.4 is 5.69 Å². The van der Waals surface area contributed by atoms with Crippen molar-refractivity contribution in [2.75, 3.05) is 0 Å². The van der Waals surface area contributed by atoms with E-state index in [1.165, 1.54) is 16.8 Å². The highest BCUT2D eigenvalue weighted by Crippen LogP contribution is 2.03. The van der Waals surface area contributed by atoms with Gasteiger partial charge < -0.3 is 9.30 Å². The van der Waals surface area contributed by atoms with Crippen LogP contribution in [0.1, 0.15) is 16.1 Å². The first kappa shape index (κ1) is 12.0. The molecule has 0 saturated carbocycles. The zero-order valence-electron chi connectivity index (χ0n) is 9.87. The minimum Gasteiger partial charge on any atom is -0.456 e. The maximum absolute atomic E-state index is 11.6. The molecule has 0 saturated heterocycles. The average molecular weight is 244 g/mol. The monoisotopic (exact) mass is 244 g/mol. The van der Waals surface area contributed by atoms with Crippen molar-refractivity contribution in [1.29, 1.82) is 0 Å². The largest absolute Gasteiger partial charge is 0.456 e. The van der Waals surface area contributed by atoms with Gasteiger partial charge in [-0.1, -0.05) is 30.3 Å². The molecule has 0 aliphatic carbocycles. The molecule has 0 aliphatic rings. The number of hydrogen-bond donors (Lipinski definition) is 0. The van der Waals surface area contributed by atoms with Crippen molar-refractivity contribution in [1.82, 2.24) is 9.55 Å². The quantitative estimate of drug-likeness (QED) is 0.759. The van der Waals surface area contributed by atoms with Gasteiger partial charge in [0.1, 0.15) is 6.61 Å². The third-order valence-electron chi connectivity index (χ3n) is 2.40. The van der Waals surface area contributed by atoms with Crippen molar-refractivity contribution in [3.8, 4) is 0 Å². The molecule has 92 valence electrons. The van der Waals surface area contributed by atoms with Gasteiger partial charge in [-0.05, 0) is 11.6 Å². The molecule has 0 amide bonds. The molecule has 1 aromatic carbocycles. The van der Waals surface area contributed by atoms with Crippen molar-refractivity contribution < 1.29 is 9.53 Å². The van der Waals surface area contributed by atoms with Crippen LogP contribution in [0.15, 0.2) is 47.4 Å². The van der Waals surface area contributed by atoms with Gasteiger partial charge in [-0.15, -0.1) is 0 Å². The van der Waals surface area contributed by atoms with Crippen LogP contribution in [0, 0.1) is 0 Å². The SMILES string of the molecule is Cn1ccc(C(=O)OCc2ccccc2)nc1=O. The Morgan fingerprint density at radius 3 is 2.67 bits per heavy atom. The molecule has 1 heterocycles. The molecule has 5 heteroatoms. The van der Waals surface area contributed by atoms with Crippen LogP contribution in [-0.2, 0) is 18.4 Å². The molecule has 0 radical (unpaired) electrons. The number of nitrogens with zero attached hydrogens (tertiary/aromatic N) is 2. The number of benzene rings is 1. The van der Waals surface area contributed by atoms with Crippen LogP contribution in [0.3, 0.4) is 0 Å². The summed E-state index contributed by atoms with van der Waals surface area (Å²) in [6, 6.07) is 10.8. The van der Waals surface area contributed by atoms with Crippen molar-refractivity contribution in [2.24, 2.45) is 7.05 Å². The summed E-state index contributed by atoms with van der Waals surface area (Å²) in [6.45, 7) is 0.163. The lowest BCUT2D eigenvalue weighted by Gasteiger charge is -2.04. The zero-order valence-corrected chi connectivity index (χ0v) is 9.87. The first-order chi connectivity index (χ1) is 8.66. The number of hydrogen-bond acceptors (Lipinski definition) is 4. The van der Waals surface area contributed by atoms with E-state index in [-0.39, 0.29) is 12.3 Å². The lowest BCUT2D eigenvalue weighted by Crippen LogP contribution is -2.22. The summed E-state index contributed by atoms with van der Waals surface area (Å²) in [5.74, 6) is -0.600. The van der Waals surface area contributed by atoms with Crippen LogP contribution in [0.5, 0.6) is 0 Å². The normalized spacial score (nSPS) is 10.1. The number of rotatable bonds is 3. The van der Waals surface area contributed by atoms with E-state index in [9.17, 15) is 9.59 Å². The topological polar surface area (TPSA) is 61.2 Å². The van der Waals surface area contributed by atoms with E-state index >= 15 is 0 Å². The fraction of sp³-hybridized carbons (Fsp3) is 0.154. The summed E-state index contributed by atoms with van der Waals surface area (Å²) in [4.78, 5) is 26.5. The van der Waals surface area contributed by atoms with Gasteiger partial charge >= 0.3 is 11.7 Å². The van der Waals surface area contributed by atoms with Gasteiger partial charge in [-0.2, -0.15) is 4.98 Å². The average Bonchev–Trinajstić information content (AvgIpc) is 2.40. The standard InChI is InChI=1S/C13H12N2O3/c1-15-8-7-11(14-13(15)17)12(16)18-9-10-5-3-2-4-6-10/h2-8H,9H2,1H3. The van der Waals surface area contributed by atoms with Crippen molar-refractivity contribution >= 4 is 5.97 Å². The van der Waals surface area contributed by atoms with Gasteiger partial charge in [-0.3, -0.25) is 0 Å². The first-order valence-electron chi connectivity index (χ1n) is 5.41. The second-order valence-corrected chi connectivity index (χ2v) is 3.77. The summed E-state index contributed by atoms with van der Waals surface area (Å²) in [6.07, 6.45) is 1.48. The van der Waals surface area contributed by atoms with Gasteiger partial charge in [-0.25, -0.2) is 9.59 Å². The van der Waals surface area contributed by atoms with Gasteiger partial charge in [0.15, 0.2) is 5.69 Å². The second-order valence-electron chi connectivity index (χ2n) is 3.77. The third kappa shape index (κ3) is 2.82. The fourth-order valence-electron chi connectivity index (χ4n) is 1.38. The van der Waals surface area contributed by atoms with E-state index in [1.807, 2.05) is 30.3 Å². The Morgan fingerprint density at radius 1 is 1.28 bits per heavy atom. The molecular weight excluding hydrogens is 232 g/mol. The molecular formula is C13H12N2O3. The Morgan fingerprint density at radius 2 is 2.00 bits per heavy atom. The number of carbonyl (C=O) groups is 1. The van der Waals surface area contributed by atoms with E-state index in [2.05, 4.69) is 4.98 Å². The highest BCUT2D eigenvalue weighted by Gasteiger charge is 2.10. The maximum atomic E-state index is 11.6. The lowest BCUT2D eigenvalue weighted by molar-refractivity contribution is 0.0465. The molecule has 0 aliphatic heterocycles. The molecule has 2 rings (SSSR count). The van der Waals surface area contributed by atoms with Crippen LogP contribution in [0.25, 0.3) is 0 Å². The second kappa shape index (κ2) is 5.27. The Hall–Kier alpha value is -2.43. The van der Waals surface area contributed by atoms with E-state index in [4.69, 9.17) is 4.74 Å². The predicted octanol–water partition coefficient (Wildman–Crippen LogP) is 1.14. The minimum atomic E-state index is -0.600. The van der Waals surface area contributed by atoms with Crippen LogP contribution >= 0.6 is 0 Å². The number of aryl methyl sites for hydroxylation is 1. The van der Waals surface area contributed by atoms with Gasteiger partial charge in [0.25, 0.3) is 0 Å². The Balaban J connectivity index is 2.04. The smallest absolute Gasteiger partial charge is 0.357 e. The summed E-state index contributed by atoms with van der Waals surface area (Å²) in [5, 5.41) is 0. The summed E-state index contributed by atoms with van der Waals surface area (Å²) in [5.41, 5.74) is 0.424. The molecule has 5 nitrogen and oxygen atoms in total. The van der Waals surface area contributed by atoms with Crippen LogP contribution in [0.2, 0.25) is 0 Å². The Labute approximate surface area is 104 Å². The highest BCUT2D eigenvalue weighted by molar-refractivity contribution is 5.86. The van der Waals surface area contributed by atoms with E-state index in [0.717, 1.165) is 5.56 Å². The van der Waals surface area contributed by atoms with Gasteiger partial charge in [0, 0.05) is 13.2 Å².